The molecule has 0 bridgehead atoms. The second-order valence-corrected chi connectivity index (χ2v) is 11.7. The highest BCUT2D eigenvalue weighted by Crippen LogP contribution is 2.66. The van der Waals surface area contributed by atoms with E-state index in [2.05, 4.69) is 15.9 Å². The Kier molecular flexibility index (Phi) is 6.06. The number of likely N-dealkylation sites (tertiary alicyclic amines) is 2. The number of imide groups is 2. The average molecular weight is 605 g/mol. The largest absolute Gasteiger partial charge is 0.508 e. The SMILES string of the molecule is CCCN1C(=O)[C@H]2[C@H](CC=C3[C@H]2C[C@@]2(Cl)C(=O)N(CBr)C(=O)[C@@]2(Cl)[C@H]3c2ccc(O)cc2Cl)C1=O. The molecule has 186 valence electrons. The summed E-state index contributed by atoms with van der Waals surface area (Å²) in [7, 11) is 0. The first-order chi connectivity index (χ1) is 16.5. The zero-order chi connectivity index (χ0) is 25.4. The number of phenols is 1. The van der Waals surface area contributed by atoms with Crippen LogP contribution in [0.15, 0.2) is 29.8 Å². The summed E-state index contributed by atoms with van der Waals surface area (Å²) in [4.78, 5) is 52.2. The van der Waals surface area contributed by atoms with Gasteiger partial charge in [0.15, 0.2) is 9.75 Å². The van der Waals surface area contributed by atoms with Gasteiger partial charge in [-0.1, -0.05) is 52.2 Å². The molecule has 4 aliphatic rings. The number of aromatic hydroxyl groups is 1. The van der Waals surface area contributed by atoms with Crippen molar-refractivity contribution in [1.29, 1.82) is 0 Å². The van der Waals surface area contributed by atoms with Crippen LogP contribution in [0.2, 0.25) is 5.02 Å². The number of fused-ring (bicyclic) bond motifs is 4. The van der Waals surface area contributed by atoms with Crippen molar-refractivity contribution < 1.29 is 24.3 Å². The summed E-state index contributed by atoms with van der Waals surface area (Å²) in [5, 5.41) is 10.1. The Labute approximate surface area is 225 Å². The molecule has 0 unspecified atom stereocenters. The minimum absolute atomic E-state index is 0.0652. The Morgan fingerprint density at radius 1 is 1.09 bits per heavy atom. The van der Waals surface area contributed by atoms with Gasteiger partial charge in [0.25, 0.3) is 11.8 Å². The minimum atomic E-state index is -1.91. The van der Waals surface area contributed by atoms with Gasteiger partial charge >= 0.3 is 0 Å². The molecule has 0 aromatic heterocycles. The zero-order valence-electron chi connectivity index (χ0n) is 18.6. The molecule has 4 amide bonds. The van der Waals surface area contributed by atoms with Gasteiger partial charge in [-0.3, -0.25) is 29.0 Å². The van der Waals surface area contributed by atoms with Gasteiger partial charge in [0.2, 0.25) is 11.8 Å². The Morgan fingerprint density at radius 2 is 1.80 bits per heavy atom. The van der Waals surface area contributed by atoms with Gasteiger partial charge in [-0.05, 0) is 42.9 Å². The number of rotatable bonds is 4. The van der Waals surface area contributed by atoms with Crippen LogP contribution in [0.5, 0.6) is 5.75 Å². The normalized spacial score (nSPS) is 36.3. The number of amides is 4. The highest BCUT2D eigenvalue weighted by molar-refractivity contribution is 9.09. The van der Waals surface area contributed by atoms with E-state index in [1.807, 2.05) is 13.0 Å². The van der Waals surface area contributed by atoms with Gasteiger partial charge in [-0.15, -0.1) is 23.2 Å². The lowest BCUT2D eigenvalue weighted by molar-refractivity contribution is -0.141. The van der Waals surface area contributed by atoms with E-state index < -0.39 is 45.2 Å². The summed E-state index contributed by atoms with van der Waals surface area (Å²) >= 11 is 23.9. The molecule has 2 aliphatic carbocycles. The maximum absolute atomic E-state index is 13.6. The molecule has 3 fully saturated rings. The van der Waals surface area contributed by atoms with Crippen LogP contribution in [0.1, 0.15) is 37.7 Å². The molecule has 2 aliphatic heterocycles. The van der Waals surface area contributed by atoms with Crippen molar-refractivity contribution in [3.8, 4) is 5.75 Å². The van der Waals surface area contributed by atoms with Crippen molar-refractivity contribution in [2.24, 2.45) is 17.8 Å². The molecule has 1 aromatic carbocycles. The quantitative estimate of drug-likeness (QED) is 0.241. The van der Waals surface area contributed by atoms with Crippen LogP contribution in [0.25, 0.3) is 0 Å². The maximum atomic E-state index is 13.6. The summed E-state index contributed by atoms with van der Waals surface area (Å²) in [5.41, 5.74) is 0.988. The summed E-state index contributed by atoms with van der Waals surface area (Å²) in [5.74, 6) is -4.69. The van der Waals surface area contributed by atoms with Crippen LogP contribution in [-0.4, -0.2) is 60.3 Å². The van der Waals surface area contributed by atoms with Crippen LogP contribution >= 0.6 is 50.7 Å². The molecule has 1 N–H and O–H groups in total. The molecular weight excluding hydrogens is 583 g/mol. The van der Waals surface area contributed by atoms with Gasteiger partial charge in [-0.2, -0.15) is 0 Å². The number of halogens is 4. The lowest BCUT2D eigenvalue weighted by atomic mass is 9.56. The summed E-state index contributed by atoms with van der Waals surface area (Å²) < 4.78 is 0. The molecule has 1 saturated carbocycles. The number of hydrogen-bond acceptors (Lipinski definition) is 5. The number of carbonyl (C=O) groups excluding carboxylic acids is 4. The van der Waals surface area contributed by atoms with Crippen molar-refractivity contribution in [3.05, 3.63) is 40.4 Å². The predicted molar refractivity (Wildman–Crippen MR) is 133 cm³/mol. The van der Waals surface area contributed by atoms with Gasteiger partial charge < -0.3 is 5.11 Å². The van der Waals surface area contributed by atoms with Gasteiger partial charge in [0, 0.05) is 17.5 Å². The highest BCUT2D eigenvalue weighted by atomic mass is 79.9. The molecule has 2 saturated heterocycles. The standard InChI is InChI=1S/C24H22BrCl3N2O5/c1-2-7-29-19(32)14-6-5-12-15(17(14)20(29)33)9-23(27)21(34)30(10-25)22(35)24(23,28)18(12)13-4-3-11(31)8-16(13)26/h3-5,8,14-15,17-18,31H,2,6-7,9-10H2,1H3/t14-,15+,17-,18+,23+,24-/m0/s1. The summed E-state index contributed by atoms with van der Waals surface area (Å²) in [6, 6.07) is 4.31. The van der Waals surface area contributed by atoms with E-state index in [1.165, 1.54) is 17.0 Å². The molecule has 0 radical (unpaired) electrons. The van der Waals surface area contributed by atoms with E-state index in [4.69, 9.17) is 34.8 Å². The Morgan fingerprint density at radius 3 is 2.43 bits per heavy atom. The summed E-state index contributed by atoms with van der Waals surface area (Å²) in [6.07, 6.45) is 2.73. The monoisotopic (exact) mass is 602 g/mol. The average Bonchev–Trinajstić information content (AvgIpc) is 3.13. The molecule has 2 heterocycles. The number of nitrogens with zero attached hydrogens (tertiary/aromatic N) is 2. The van der Waals surface area contributed by atoms with Crippen LogP contribution in [0.3, 0.4) is 0 Å². The fraction of sp³-hybridized carbons (Fsp3) is 0.500. The predicted octanol–water partition coefficient (Wildman–Crippen LogP) is 4.17. The van der Waals surface area contributed by atoms with E-state index in [-0.39, 0.29) is 34.5 Å². The molecular formula is C24H22BrCl3N2O5. The fourth-order valence-corrected chi connectivity index (χ4v) is 8.06. The van der Waals surface area contributed by atoms with E-state index in [0.29, 0.717) is 30.5 Å². The van der Waals surface area contributed by atoms with Gasteiger partial charge in [-0.25, -0.2) is 0 Å². The smallest absolute Gasteiger partial charge is 0.254 e. The number of benzene rings is 1. The fourth-order valence-electron chi connectivity index (χ4n) is 6.36. The van der Waals surface area contributed by atoms with Gasteiger partial charge in [0.05, 0.1) is 17.3 Å². The number of allylic oxidation sites excluding steroid dienone is 2. The minimum Gasteiger partial charge on any atom is -0.508 e. The van der Waals surface area contributed by atoms with Crippen molar-refractivity contribution in [2.45, 2.75) is 41.9 Å². The van der Waals surface area contributed by atoms with E-state index in [0.717, 1.165) is 4.90 Å². The first-order valence-corrected chi connectivity index (χ1v) is 13.6. The number of phenolic OH excluding ortho intramolecular Hbond substituents is 1. The second kappa shape index (κ2) is 8.47. The molecule has 7 nitrogen and oxygen atoms in total. The molecule has 6 atom stereocenters. The van der Waals surface area contributed by atoms with E-state index in [9.17, 15) is 24.3 Å². The van der Waals surface area contributed by atoms with Crippen molar-refractivity contribution >= 4 is 74.4 Å². The van der Waals surface area contributed by atoms with E-state index in [1.54, 1.807) is 6.07 Å². The number of carbonyl (C=O) groups is 4. The van der Waals surface area contributed by atoms with Crippen molar-refractivity contribution in [2.75, 3.05) is 12.0 Å². The van der Waals surface area contributed by atoms with Crippen molar-refractivity contribution in [3.63, 3.8) is 0 Å². The molecule has 11 heteroatoms. The zero-order valence-corrected chi connectivity index (χ0v) is 22.5. The Balaban J connectivity index is 1.73. The van der Waals surface area contributed by atoms with Gasteiger partial charge in [0.1, 0.15) is 5.75 Å². The number of hydrogen-bond donors (Lipinski definition) is 1. The highest BCUT2D eigenvalue weighted by Gasteiger charge is 2.76. The van der Waals surface area contributed by atoms with Crippen molar-refractivity contribution in [1.82, 2.24) is 9.80 Å². The van der Waals surface area contributed by atoms with E-state index >= 15 is 0 Å². The van der Waals surface area contributed by atoms with Crippen LogP contribution in [0, 0.1) is 17.8 Å². The van der Waals surface area contributed by atoms with Crippen LogP contribution in [-0.2, 0) is 19.2 Å². The summed E-state index contributed by atoms with van der Waals surface area (Å²) in [6.45, 7) is 2.21. The second-order valence-electron chi connectivity index (χ2n) is 9.52. The Bertz CT molecular complexity index is 1210. The maximum Gasteiger partial charge on any atom is 0.254 e. The van der Waals surface area contributed by atoms with Crippen LogP contribution in [0.4, 0.5) is 0 Å². The molecule has 35 heavy (non-hydrogen) atoms. The number of alkyl halides is 3. The third-order valence-electron chi connectivity index (χ3n) is 7.85. The third kappa shape index (κ3) is 3.15. The molecule has 1 aromatic rings. The van der Waals surface area contributed by atoms with Crippen LogP contribution < -0.4 is 0 Å². The lowest BCUT2D eigenvalue weighted by Gasteiger charge is -2.51. The lowest BCUT2D eigenvalue weighted by Crippen LogP contribution is -2.60. The Hall–Kier alpha value is -1.61. The third-order valence-corrected chi connectivity index (χ3v) is 10.1. The first-order valence-electron chi connectivity index (χ1n) is 11.4. The molecule has 5 rings (SSSR count). The topological polar surface area (TPSA) is 95.0 Å². The molecule has 0 spiro atoms. The first kappa shape index (κ1) is 25.1.